The third-order valence-corrected chi connectivity index (χ3v) is 9.71. The van der Waals surface area contributed by atoms with Crippen molar-refractivity contribution in [3.05, 3.63) is 103 Å². The largest absolute Gasteiger partial charge is 0.236 e. The van der Waals surface area contributed by atoms with Crippen molar-refractivity contribution in [1.29, 1.82) is 0 Å². The van der Waals surface area contributed by atoms with Gasteiger partial charge in [0.05, 0.1) is 11.1 Å². The maximum Gasteiger partial charge on any atom is 0.119 e. The number of benzene rings is 3. The van der Waals surface area contributed by atoms with Gasteiger partial charge in [0, 0.05) is 17.3 Å². The van der Waals surface area contributed by atoms with E-state index in [1.54, 1.807) is 0 Å². The van der Waals surface area contributed by atoms with Crippen LogP contribution in [-0.2, 0) is 0 Å². The van der Waals surface area contributed by atoms with Crippen LogP contribution in [0.1, 0.15) is 41.5 Å². The maximum atomic E-state index is 5.29. The molecule has 0 radical (unpaired) electrons. The average molecular weight is 507 g/mol. The average Bonchev–Trinajstić information content (AvgIpc) is 3.49. The van der Waals surface area contributed by atoms with Gasteiger partial charge in [-0.1, -0.05) is 120 Å². The van der Waals surface area contributed by atoms with Crippen molar-refractivity contribution in [2.24, 2.45) is 0 Å². The highest BCUT2D eigenvalue weighted by Gasteiger charge is 2.37. The maximum absolute atomic E-state index is 5.29. The quantitative estimate of drug-likeness (QED) is 0.226. The summed E-state index contributed by atoms with van der Waals surface area (Å²) in [5, 5.41) is 10.8. The van der Waals surface area contributed by atoms with Gasteiger partial charge in [0.25, 0.3) is 0 Å². The summed E-state index contributed by atoms with van der Waals surface area (Å²) in [6, 6.07) is 33.5. The second kappa shape index (κ2) is 9.76. The smallest absolute Gasteiger partial charge is 0.119 e. The fourth-order valence-electron chi connectivity index (χ4n) is 5.28. The van der Waals surface area contributed by atoms with Gasteiger partial charge in [-0.3, -0.25) is 0 Å². The van der Waals surface area contributed by atoms with E-state index in [1.807, 2.05) is 12.1 Å². The first kappa shape index (κ1) is 25.2. The molecule has 3 aromatic carbocycles. The molecule has 0 aliphatic rings. The zero-order chi connectivity index (χ0) is 26.2. The van der Waals surface area contributed by atoms with Crippen LogP contribution in [0.25, 0.3) is 33.9 Å². The Bertz CT molecular complexity index is 1460. The van der Waals surface area contributed by atoms with E-state index < -0.39 is 7.92 Å². The summed E-state index contributed by atoms with van der Waals surface area (Å²) < 4.78 is 4.12. The minimum absolute atomic E-state index is 0.130. The first-order valence-electron chi connectivity index (χ1n) is 12.8. The molecule has 0 spiro atoms. The van der Waals surface area contributed by atoms with Crippen LogP contribution < -0.4 is 5.44 Å². The summed E-state index contributed by atoms with van der Waals surface area (Å²) in [6.45, 7) is 14.0. The number of aromatic nitrogens is 4. The van der Waals surface area contributed by atoms with Gasteiger partial charge in [0.15, 0.2) is 0 Å². The van der Waals surface area contributed by atoms with Crippen molar-refractivity contribution in [2.45, 2.75) is 51.9 Å². The topological polar surface area (TPSA) is 35.6 Å². The Labute approximate surface area is 221 Å². The summed E-state index contributed by atoms with van der Waals surface area (Å²) in [5.41, 5.74) is 7.27. The molecule has 0 fully saturated rings. The Morgan fingerprint density at radius 2 is 1.11 bits per heavy atom. The molecule has 0 amide bonds. The number of hydrogen-bond acceptors (Lipinski definition) is 2. The van der Waals surface area contributed by atoms with E-state index in [0.29, 0.717) is 0 Å². The second-order valence-corrected chi connectivity index (χ2v) is 15.1. The van der Waals surface area contributed by atoms with Gasteiger partial charge in [-0.25, -0.2) is 9.36 Å². The highest BCUT2D eigenvalue weighted by atomic mass is 31.1. The fraction of sp³-hybridized carbons (Fsp3) is 0.250. The van der Waals surface area contributed by atoms with Crippen molar-refractivity contribution in [2.75, 3.05) is 0 Å². The van der Waals surface area contributed by atoms with E-state index in [9.17, 15) is 0 Å². The van der Waals surface area contributed by atoms with Gasteiger partial charge in [0.2, 0.25) is 0 Å². The summed E-state index contributed by atoms with van der Waals surface area (Å²) in [5.74, 6) is 0. The van der Waals surface area contributed by atoms with Crippen LogP contribution >= 0.6 is 7.92 Å². The molecular formula is C32H35N4P. The van der Waals surface area contributed by atoms with Crippen LogP contribution in [0.4, 0.5) is 0 Å². The summed E-state index contributed by atoms with van der Waals surface area (Å²) in [7, 11) is -0.531. The van der Waals surface area contributed by atoms with Crippen molar-refractivity contribution >= 4 is 13.4 Å². The molecule has 0 unspecified atom stereocenters. The standard InChI is InChI=1S/C32H35N4P/c1-31(2,3)37(32(4,5)6)27-22-23-35(33-27)30-28(24-16-10-7-11-17-24)34-36(26-20-14-9-15-21-26)29(30)25-18-12-8-13-19-25/h7-23H,1-6H3. The highest BCUT2D eigenvalue weighted by Crippen LogP contribution is 2.57. The van der Waals surface area contributed by atoms with Crippen LogP contribution in [0, 0.1) is 0 Å². The monoisotopic (exact) mass is 506 g/mol. The fourth-order valence-corrected chi connectivity index (χ4v) is 9.07. The lowest BCUT2D eigenvalue weighted by atomic mass is 10.1. The molecule has 0 aliphatic carbocycles. The van der Waals surface area contributed by atoms with Crippen LogP contribution in [0.15, 0.2) is 103 Å². The van der Waals surface area contributed by atoms with Gasteiger partial charge < -0.3 is 0 Å². The second-order valence-electron chi connectivity index (χ2n) is 11.3. The van der Waals surface area contributed by atoms with Gasteiger partial charge in [-0.05, 0) is 36.4 Å². The van der Waals surface area contributed by atoms with Gasteiger partial charge in [-0.15, -0.1) is 0 Å². The van der Waals surface area contributed by atoms with Gasteiger partial charge in [0.1, 0.15) is 17.1 Å². The van der Waals surface area contributed by atoms with E-state index in [0.717, 1.165) is 33.9 Å². The molecular weight excluding hydrogens is 471 g/mol. The predicted octanol–water partition coefficient (Wildman–Crippen LogP) is 8.10. The lowest BCUT2D eigenvalue weighted by Gasteiger charge is -2.40. The van der Waals surface area contributed by atoms with Crippen molar-refractivity contribution in [3.63, 3.8) is 0 Å². The minimum atomic E-state index is -0.531. The Kier molecular flexibility index (Phi) is 6.64. The zero-order valence-electron chi connectivity index (χ0n) is 22.6. The highest BCUT2D eigenvalue weighted by molar-refractivity contribution is 7.68. The number of nitrogens with zero attached hydrogens (tertiary/aromatic N) is 4. The molecule has 2 heterocycles. The molecule has 0 saturated carbocycles. The minimum Gasteiger partial charge on any atom is -0.236 e. The molecule has 188 valence electrons. The lowest BCUT2D eigenvalue weighted by molar-refractivity contribution is 0.712. The first-order chi connectivity index (χ1) is 17.6. The number of hydrogen-bond donors (Lipinski definition) is 0. The van der Waals surface area contributed by atoms with Crippen molar-refractivity contribution < 1.29 is 0 Å². The molecule has 0 N–H and O–H groups in total. The summed E-state index contributed by atoms with van der Waals surface area (Å²) >= 11 is 0. The van der Waals surface area contributed by atoms with E-state index >= 15 is 0 Å². The molecule has 5 aromatic rings. The Hall–Kier alpha value is -3.49. The third kappa shape index (κ3) is 5.04. The van der Waals surface area contributed by atoms with E-state index in [2.05, 4.69) is 142 Å². The number of para-hydroxylation sites is 1. The molecule has 5 rings (SSSR count). The van der Waals surface area contributed by atoms with Crippen LogP contribution in [0.2, 0.25) is 0 Å². The SMILES string of the molecule is CC(C)(C)P(c1ccn(-c2c(-c3ccccc3)nn(-c3ccccc3)c2-c2ccccc2)n1)C(C)(C)C. The molecule has 4 nitrogen and oxygen atoms in total. The van der Waals surface area contributed by atoms with Gasteiger partial charge >= 0.3 is 0 Å². The number of rotatable bonds is 5. The zero-order valence-corrected chi connectivity index (χ0v) is 23.4. The molecule has 0 bridgehead atoms. The first-order valence-corrected chi connectivity index (χ1v) is 14.1. The summed E-state index contributed by atoms with van der Waals surface area (Å²) in [6.07, 6.45) is 2.12. The van der Waals surface area contributed by atoms with Crippen LogP contribution in [0.3, 0.4) is 0 Å². The van der Waals surface area contributed by atoms with Gasteiger partial charge in [-0.2, -0.15) is 10.2 Å². The lowest BCUT2D eigenvalue weighted by Crippen LogP contribution is -2.32. The molecule has 0 aliphatic heterocycles. The predicted molar refractivity (Wildman–Crippen MR) is 158 cm³/mol. The molecule has 0 saturated heterocycles. The van der Waals surface area contributed by atoms with E-state index in [4.69, 9.17) is 10.2 Å². The normalized spacial score (nSPS) is 12.3. The molecule has 37 heavy (non-hydrogen) atoms. The van der Waals surface area contributed by atoms with Crippen molar-refractivity contribution in [3.8, 4) is 33.9 Å². The van der Waals surface area contributed by atoms with Crippen LogP contribution in [-0.4, -0.2) is 29.9 Å². The molecule has 5 heteroatoms. The third-order valence-electron chi connectivity index (χ3n) is 6.33. The Balaban J connectivity index is 1.81. The molecule has 0 atom stereocenters. The molecule has 2 aromatic heterocycles. The van der Waals surface area contributed by atoms with E-state index in [1.165, 1.54) is 5.44 Å². The Morgan fingerprint density at radius 1 is 0.595 bits per heavy atom. The van der Waals surface area contributed by atoms with Crippen LogP contribution in [0.5, 0.6) is 0 Å². The van der Waals surface area contributed by atoms with Crippen molar-refractivity contribution in [1.82, 2.24) is 19.6 Å². The summed E-state index contributed by atoms with van der Waals surface area (Å²) in [4.78, 5) is 0. The van der Waals surface area contributed by atoms with E-state index in [-0.39, 0.29) is 10.3 Å². The Morgan fingerprint density at radius 3 is 1.65 bits per heavy atom.